The standard InChI is InChI=1S/C14H19ClO2/c1-3-5-9-11-8-12(15)10(14(9)11)6-7-13(16)17-4-2/h6-7,9,11,14H,3-5,8H2,1-2H3/t9-,11-,14-/m1/s1. The van der Waals surface area contributed by atoms with Crippen LogP contribution in [0.1, 0.15) is 33.1 Å². The lowest BCUT2D eigenvalue weighted by Crippen LogP contribution is -1.99. The van der Waals surface area contributed by atoms with Crippen LogP contribution >= 0.6 is 11.6 Å². The molecule has 2 aliphatic rings. The molecule has 0 spiro atoms. The second kappa shape index (κ2) is 5.26. The minimum Gasteiger partial charge on any atom is -0.463 e. The van der Waals surface area contributed by atoms with Crippen molar-refractivity contribution >= 4 is 17.6 Å². The molecule has 3 heteroatoms. The molecule has 0 aromatic carbocycles. The summed E-state index contributed by atoms with van der Waals surface area (Å²) in [6.45, 7) is 4.44. The first-order chi connectivity index (χ1) is 8.19. The molecule has 2 rings (SSSR count). The Labute approximate surface area is 108 Å². The Balaban J connectivity index is 1.96. The first-order valence-electron chi connectivity index (χ1n) is 6.42. The van der Waals surface area contributed by atoms with Crippen LogP contribution in [0.4, 0.5) is 0 Å². The predicted octanol–water partition coefficient (Wildman–Crippen LogP) is 3.66. The molecule has 2 aliphatic carbocycles. The lowest BCUT2D eigenvalue weighted by molar-refractivity contribution is -0.137. The summed E-state index contributed by atoms with van der Waals surface area (Å²) in [6, 6.07) is 0. The fourth-order valence-corrected chi connectivity index (χ4v) is 3.33. The summed E-state index contributed by atoms with van der Waals surface area (Å²) in [7, 11) is 0. The number of hydrogen-bond acceptors (Lipinski definition) is 2. The van der Waals surface area contributed by atoms with Gasteiger partial charge in [-0.2, -0.15) is 0 Å². The van der Waals surface area contributed by atoms with Crippen molar-refractivity contribution in [2.45, 2.75) is 33.1 Å². The monoisotopic (exact) mass is 254 g/mol. The first kappa shape index (κ1) is 12.7. The summed E-state index contributed by atoms with van der Waals surface area (Å²) in [4.78, 5) is 11.3. The smallest absolute Gasteiger partial charge is 0.330 e. The number of rotatable bonds is 5. The van der Waals surface area contributed by atoms with Gasteiger partial charge in [0, 0.05) is 11.1 Å². The number of hydrogen-bond donors (Lipinski definition) is 0. The maximum Gasteiger partial charge on any atom is 0.330 e. The minimum absolute atomic E-state index is 0.277. The highest BCUT2D eigenvalue weighted by Gasteiger charge is 2.54. The Morgan fingerprint density at radius 1 is 1.53 bits per heavy atom. The van der Waals surface area contributed by atoms with E-state index in [1.807, 2.05) is 13.0 Å². The van der Waals surface area contributed by atoms with Crippen LogP contribution < -0.4 is 0 Å². The summed E-state index contributed by atoms with van der Waals surface area (Å²) >= 11 is 6.21. The molecule has 94 valence electrons. The maximum absolute atomic E-state index is 11.3. The highest BCUT2D eigenvalue weighted by Crippen LogP contribution is 2.62. The Hall–Kier alpha value is -0.760. The van der Waals surface area contributed by atoms with Gasteiger partial charge in [-0.15, -0.1) is 0 Å². The number of ether oxygens (including phenoxy) is 1. The van der Waals surface area contributed by atoms with Crippen LogP contribution in [0.25, 0.3) is 0 Å². The van der Waals surface area contributed by atoms with Crippen LogP contribution in [0.3, 0.4) is 0 Å². The molecule has 0 bridgehead atoms. The van der Waals surface area contributed by atoms with Crippen molar-refractivity contribution in [3.8, 4) is 0 Å². The molecule has 3 atom stereocenters. The molecule has 0 aromatic rings. The minimum atomic E-state index is -0.277. The predicted molar refractivity (Wildman–Crippen MR) is 68.6 cm³/mol. The third-order valence-electron chi connectivity index (χ3n) is 3.73. The molecule has 0 aromatic heterocycles. The molecule has 0 aliphatic heterocycles. The van der Waals surface area contributed by atoms with Crippen molar-refractivity contribution in [1.29, 1.82) is 0 Å². The van der Waals surface area contributed by atoms with E-state index >= 15 is 0 Å². The van der Waals surface area contributed by atoms with Gasteiger partial charge in [0.1, 0.15) is 0 Å². The van der Waals surface area contributed by atoms with Gasteiger partial charge >= 0.3 is 5.97 Å². The van der Waals surface area contributed by atoms with Crippen molar-refractivity contribution in [3.05, 3.63) is 22.8 Å². The van der Waals surface area contributed by atoms with Gasteiger partial charge in [-0.25, -0.2) is 4.79 Å². The highest BCUT2D eigenvalue weighted by atomic mass is 35.5. The lowest BCUT2D eigenvalue weighted by Gasteiger charge is -2.04. The number of allylic oxidation sites excluding steroid dienone is 3. The van der Waals surface area contributed by atoms with Gasteiger partial charge in [0.2, 0.25) is 0 Å². The third kappa shape index (κ3) is 2.57. The summed E-state index contributed by atoms with van der Waals surface area (Å²) in [6.07, 6.45) is 6.87. The van der Waals surface area contributed by atoms with Gasteiger partial charge < -0.3 is 4.74 Å². The molecule has 2 nitrogen and oxygen atoms in total. The lowest BCUT2D eigenvalue weighted by atomic mass is 10.1. The number of carbonyl (C=O) groups excluding carboxylic acids is 1. The quantitative estimate of drug-likeness (QED) is 0.553. The number of esters is 1. The fraction of sp³-hybridized carbons (Fsp3) is 0.643. The number of halogens is 1. The van der Waals surface area contributed by atoms with E-state index in [1.165, 1.54) is 24.5 Å². The molecule has 0 amide bonds. The van der Waals surface area contributed by atoms with Crippen LogP contribution in [0, 0.1) is 17.8 Å². The average Bonchev–Trinajstić information content (AvgIpc) is 2.83. The molecule has 1 fully saturated rings. The summed E-state index contributed by atoms with van der Waals surface area (Å²) in [5.74, 6) is 1.86. The van der Waals surface area contributed by atoms with Gasteiger partial charge in [0.05, 0.1) is 6.61 Å². The van der Waals surface area contributed by atoms with Crippen molar-refractivity contribution in [3.63, 3.8) is 0 Å². The summed E-state index contributed by atoms with van der Waals surface area (Å²) < 4.78 is 4.87. The Bertz CT molecular complexity index is 370. The average molecular weight is 255 g/mol. The van der Waals surface area contributed by atoms with Crippen molar-refractivity contribution in [1.82, 2.24) is 0 Å². The van der Waals surface area contributed by atoms with Gasteiger partial charge in [-0.3, -0.25) is 0 Å². The van der Waals surface area contributed by atoms with Crippen molar-refractivity contribution in [2.75, 3.05) is 6.61 Å². The summed E-state index contributed by atoms with van der Waals surface area (Å²) in [5, 5.41) is 0.938. The third-order valence-corrected chi connectivity index (χ3v) is 4.10. The van der Waals surface area contributed by atoms with Gasteiger partial charge in [0.15, 0.2) is 0 Å². The second-order valence-electron chi connectivity index (χ2n) is 4.79. The highest BCUT2D eigenvalue weighted by molar-refractivity contribution is 6.30. The molecule has 0 unspecified atom stereocenters. The number of fused-ring (bicyclic) bond motifs is 1. The fourth-order valence-electron chi connectivity index (χ4n) is 2.97. The van der Waals surface area contributed by atoms with Gasteiger partial charge in [0.25, 0.3) is 0 Å². The Morgan fingerprint density at radius 3 is 2.94 bits per heavy atom. The molecule has 17 heavy (non-hydrogen) atoms. The van der Waals surface area contributed by atoms with Crippen LogP contribution in [0.5, 0.6) is 0 Å². The van der Waals surface area contributed by atoms with Crippen LogP contribution in [0.15, 0.2) is 22.8 Å². The molecular formula is C14H19ClO2. The number of carbonyl (C=O) groups is 1. The molecule has 0 heterocycles. The van der Waals surface area contributed by atoms with Gasteiger partial charge in [-0.05, 0) is 43.1 Å². The van der Waals surface area contributed by atoms with Crippen molar-refractivity contribution in [2.24, 2.45) is 17.8 Å². The topological polar surface area (TPSA) is 26.3 Å². The van der Waals surface area contributed by atoms with E-state index in [4.69, 9.17) is 16.3 Å². The molecule has 0 N–H and O–H groups in total. The van der Waals surface area contributed by atoms with Crippen LogP contribution in [-0.2, 0) is 9.53 Å². The molecule has 0 radical (unpaired) electrons. The summed E-state index contributed by atoms with van der Waals surface area (Å²) in [5.41, 5.74) is 1.17. The van der Waals surface area contributed by atoms with Crippen molar-refractivity contribution < 1.29 is 9.53 Å². The largest absolute Gasteiger partial charge is 0.463 e. The Kier molecular flexibility index (Phi) is 3.93. The van der Waals surface area contributed by atoms with E-state index in [-0.39, 0.29) is 5.97 Å². The molecule has 1 saturated carbocycles. The Morgan fingerprint density at radius 2 is 2.29 bits per heavy atom. The molecular weight excluding hydrogens is 236 g/mol. The van der Waals surface area contributed by atoms with E-state index in [0.717, 1.165) is 23.3 Å². The van der Waals surface area contributed by atoms with Crippen LogP contribution in [-0.4, -0.2) is 12.6 Å². The zero-order valence-electron chi connectivity index (χ0n) is 10.4. The zero-order valence-corrected chi connectivity index (χ0v) is 11.2. The van der Waals surface area contributed by atoms with E-state index in [2.05, 4.69) is 6.92 Å². The SMILES string of the molecule is CCC[C@@H]1[C@H]2CC(Cl)=C(C=CC(=O)OCC)[C@@H]12. The van der Waals surface area contributed by atoms with E-state index in [0.29, 0.717) is 12.5 Å². The molecule has 0 saturated heterocycles. The van der Waals surface area contributed by atoms with Gasteiger partial charge in [-0.1, -0.05) is 31.0 Å². The van der Waals surface area contributed by atoms with E-state index in [1.54, 1.807) is 0 Å². The van der Waals surface area contributed by atoms with E-state index < -0.39 is 0 Å². The first-order valence-corrected chi connectivity index (χ1v) is 6.80. The second-order valence-corrected chi connectivity index (χ2v) is 5.25. The maximum atomic E-state index is 11.3. The van der Waals surface area contributed by atoms with E-state index in [9.17, 15) is 4.79 Å². The zero-order chi connectivity index (χ0) is 12.4. The van der Waals surface area contributed by atoms with Crippen LogP contribution in [0.2, 0.25) is 0 Å². The normalized spacial score (nSPS) is 30.9.